The zero-order valence-corrected chi connectivity index (χ0v) is 17.4. The molecule has 1 saturated heterocycles. The van der Waals surface area contributed by atoms with Crippen LogP contribution < -0.4 is 4.74 Å². The zero-order valence-electron chi connectivity index (χ0n) is 16.7. The Labute approximate surface area is 176 Å². The first-order chi connectivity index (χ1) is 14.2. The van der Waals surface area contributed by atoms with Crippen molar-refractivity contribution in [2.24, 2.45) is 0 Å². The molecular weight excluding hydrogens is 386 g/mol. The van der Waals surface area contributed by atoms with Crippen molar-refractivity contribution in [3.05, 3.63) is 59.4 Å². The lowest BCUT2D eigenvalue weighted by Crippen LogP contribution is -2.26. The minimum atomic E-state index is 0.127. The fraction of sp³-hybridized carbons (Fsp3) is 0.391. The number of nitrogens with zero attached hydrogens (tertiary/aromatic N) is 3. The van der Waals surface area contributed by atoms with Gasteiger partial charge in [0.15, 0.2) is 0 Å². The van der Waals surface area contributed by atoms with Crippen molar-refractivity contribution in [3.8, 4) is 5.75 Å². The average molecular weight is 412 g/mol. The lowest BCUT2D eigenvalue weighted by Gasteiger charge is -2.17. The van der Waals surface area contributed by atoms with Crippen molar-refractivity contribution in [2.75, 3.05) is 19.7 Å². The van der Waals surface area contributed by atoms with E-state index in [-0.39, 0.29) is 11.8 Å². The summed E-state index contributed by atoms with van der Waals surface area (Å²) in [4.78, 5) is 19.4. The Morgan fingerprint density at radius 2 is 1.93 bits per heavy atom. The van der Waals surface area contributed by atoms with Crippen LogP contribution >= 0.6 is 11.6 Å². The van der Waals surface area contributed by atoms with E-state index < -0.39 is 0 Å². The third kappa shape index (κ3) is 4.40. The van der Waals surface area contributed by atoms with Crippen LogP contribution in [0, 0.1) is 0 Å². The number of carbonyl (C=O) groups excluding carboxylic acids is 1. The van der Waals surface area contributed by atoms with Gasteiger partial charge in [-0.15, -0.1) is 0 Å². The van der Waals surface area contributed by atoms with E-state index in [1.54, 1.807) is 0 Å². The summed E-state index contributed by atoms with van der Waals surface area (Å²) in [5.74, 6) is 2.14. The zero-order chi connectivity index (χ0) is 20.2. The van der Waals surface area contributed by atoms with Crippen molar-refractivity contribution >= 4 is 28.5 Å². The Hall–Kier alpha value is -2.53. The number of imidazole rings is 1. The largest absolute Gasteiger partial charge is 0.492 e. The van der Waals surface area contributed by atoms with E-state index in [9.17, 15) is 4.79 Å². The normalized spacial score (nSPS) is 16.7. The van der Waals surface area contributed by atoms with E-state index in [0.717, 1.165) is 48.5 Å². The molecule has 0 radical (unpaired) electrons. The molecule has 0 spiro atoms. The summed E-state index contributed by atoms with van der Waals surface area (Å²) >= 11 is 5.94. The quantitative estimate of drug-likeness (QED) is 0.530. The molecule has 29 heavy (non-hydrogen) atoms. The van der Waals surface area contributed by atoms with Gasteiger partial charge in [-0.25, -0.2) is 4.98 Å². The summed E-state index contributed by atoms with van der Waals surface area (Å²) in [6.45, 7) is 4.94. The summed E-state index contributed by atoms with van der Waals surface area (Å²) in [5, 5.41) is 0.693. The summed E-state index contributed by atoms with van der Waals surface area (Å²) in [5.41, 5.74) is 2.05. The summed E-state index contributed by atoms with van der Waals surface area (Å²) in [6, 6.07) is 15.5. The second-order valence-electron chi connectivity index (χ2n) is 7.51. The van der Waals surface area contributed by atoms with Crippen molar-refractivity contribution < 1.29 is 9.53 Å². The molecular formula is C23H26ClN3O2. The predicted molar refractivity (Wildman–Crippen MR) is 116 cm³/mol. The molecule has 0 unspecified atom stereocenters. The first-order valence-corrected chi connectivity index (χ1v) is 10.6. The van der Waals surface area contributed by atoms with Crippen molar-refractivity contribution in [1.29, 1.82) is 0 Å². The van der Waals surface area contributed by atoms with Crippen LogP contribution in [0.25, 0.3) is 11.0 Å². The molecule has 0 saturated carbocycles. The molecule has 5 nitrogen and oxygen atoms in total. The van der Waals surface area contributed by atoms with E-state index in [1.165, 1.54) is 0 Å². The van der Waals surface area contributed by atoms with Gasteiger partial charge in [-0.2, -0.15) is 0 Å². The molecule has 4 rings (SSSR count). The van der Waals surface area contributed by atoms with Crippen LogP contribution in [0.4, 0.5) is 0 Å². The molecule has 2 heterocycles. The molecule has 0 bridgehead atoms. The molecule has 0 aliphatic carbocycles. The Morgan fingerprint density at radius 1 is 1.14 bits per heavy atom. The van der Waals surface area contributed by atoms with Crippen molar-refractivity contribution in [1.82, 2.24) is 14.5 Å². The van der Waals surface area contributed by atoms with Crippen LogP contribution in [-0.4, -0.2) is 40.1 Å². The van der Waals surface area contributed by atoms with Gasteiger partial charge >= 0.3 is 0 Å². The van der Waals surface area contributed by atoms with Crippen LogP contribution in [0.1, 0.15) is 37.9 Å². The molecule has 152 valence electrons. The standard InChI is InChI=1S/C23H26ClN3O2/c1-2-3-12-26-16-17(15-22(26)28)23-25-20-6-4-5-7-21(20)27(23)13-14-29-19-10-8-18(24)9-11-19/h4-11,17H,2-3,12-16H2,1H3/t17-/m0/s1. The van der Waals surface area contributed by atoms with Crippen LogP contribution in [0.5, 0.6) is 5.75 Å². The second-order valence-corrected chi connectivity index (χ2v) is 7.94. The number of amides is 1. The van der Waals surface area contributed by atoms with E-state index in [1.807, 2.05) is 47.4 Å². The number of carbonyl (C=O) groups is 1. The number of aromatic nitrogens is 2. The molecule has 1 atom stereocenters. The third-order valence-electron chi connectivity index (χ3n) is 5.44. The maximum absolute atomic E-state index is 12.5. The smallest absolute Gasteiger partial charge is 0.223 e. The van der Waals surface area contributed by atoms with Gasteiger partial charge in [0.25, 0.3) is 0 Å². The van der Waals surface area contributed by atoms with E-state index >= 15 is 0 Å². The van der Waals surface area contributed by atoms with Crippen LogP contribution in [0.15, 0.2) is 48.5 Å². The summed E-state index contributed by atoms with van der Waals surface area (Å²) < 4.78 is 8.13. The number of para-hydroxylation sites is 2. The number of halogens is 1. The predicted octanol–water partition coefficient (Wildman–Crippen LogP) is 4.88. The van der Waals surface area contributed by atoms with Gasteiger partial charge < -0.3 is 14.2 Å². The maximum Gasteiger partial charge on any atom is 0.223 e. The third-order valence-corrected chi connectivity index (χ3v) is 5.69. The average Bonchev–Trinajstić information content (AvgIpc) is 3.28. The number of hydrogen-bond donors (Lipinski definition) is 0. The molecule has 2 aromatic carbocycles. The van der Waals surface area contributed by atoms with Gasteiger partial charge in [0.05, 0.1) is 17.6 Å². The van der Waals surface area contributed by atoms with Gasteiger partial charge in [0, 0.05) is 30.5 Å². The maximum atomic E-state index is 12.5. The Bertz CT molecular complexity index is 983. The van der Waals surface area contributed by atoms with Gasteiger partial charge in [0.1, 0.15) is 18.2 Å². The Morgan fingerprint density at radius 3 is 2.72 bits per heavy atom. The molecule has 1 aliphatic heterocycles. The number of likely N-dealkylation sites (tertiary alicyclic amines) is 1. The lowest BCUT2D eigenvalue weighted by molar-refractivity contribution is -0.127. The number of ether oxygens (including phenoxy) is 1. The molecule has 6 heteroatoms. The van der Waals surface area contributed by atoms with E-state index in [0.29, 0.717) is 24.6 Å². The lowest BCUT2D eigenvalue weighted by atomic mass is 10.1. The highest BCUT2D eigenvalue weighted by Gasteiger charge is 2.33. The minimum absolute atomic E-state index is 0.127. The fourth-order valence-corrected chi connectivity index (χ4v) is 4.06. The van der Waals surface area contributed by atoms with E-state index in [2.05, 4.69) is 17.6 Å². The number of benzene rings is 2. The number of rotatable bonds is 8. The highest BCUT2D eigenvalue weighted by molar-refractivity contribution is 6.30. The molecule has 1 fully saturated rings. The second kappa shape index (κ2) is 8.87. The Kier molecular flexibility index (Phi) is 6.05. The van der Waals surface area contributed by atoms with Gasteiger partial charge in [-0.3, -0.25) is 4.79 Å². The van der Waals surface area contributed by atoms with Gasteiger partial charge in [-0.1, -0.05) is 37.1 Å². The van der Waals surface area contributed by atoms with Crippen molar-refractivity contribution in [2.45, 2.75) is 38.6 Å². The van der Waals surface area contributed by atoms with Gasteiger partial charge in [-0.05, 0) is 42.8 Å². The van der Waals surface area contributed by atoms with E-state index in [4.69, 9.17) is 21.3 Å². The molecule has 1 aliphatic rings. The molecule has 1 amide bonds. The molecule has 1 aromatic heterocycles. The topological polar surface area (TPSA) is 47.4 Å². The summed E-state index contributed by atoms with van der Waals surface area (Å²) in [6.07, 6.45) is 2.67. The Balaban J connectivity index is 1.53. The first kappa shape index (κ1) is 19.8. The first-order valence-electron chi connectivity index (χ1n) is 10.3. The van der Waals surface area contributed by atoms with Gasteiger partial charge in [0.2, 0.25) is 5.91 Å². The molecule has 3 aromatic rings. The van der Waals surface area contributed by atoms with Crippen molar-refractivity contribution in [3.63, 3.8) is 0 Å². The fourth-order valence-electron chi connectivity index (χ4n) is 3.94. The summed E-state index contributed by atoms with van der Waals surface area (Å²) in [7, 11) is 0. The number of hydrogen-bond acceptors (Lipinski definition) is 3. The van der Waals surface area contributed by atoms with Crippen LogP contribution in [-0.2, 0) is 11.3 Å². The number of fused-ring (bicyclic) bond motifs is 1. The molecule has 0 N–H and O–H groups in total. The highest BCUT2D eigenvalue weighted by Crippen LogP contribution is 2.30. The van der Waals surface area contributed by atoms with Crippen LogP contribution in [0.2, 0.25) is 5.02 Å². The monoisotopic (exact) mass is 411 g/mol. The SMILES string of the molecule is CCCCN1C[C@@H](c2nc3ccccc3n2CCOc2ccc(Cl)cc2)CC1=O. The number of unbranched alkanes of at least 4 members (excludes halogenated alkanes) is 1. The highest BCUT2D eigenvalue weighted by atomic mass is 35.5. The van der Waals surface area contributed by atoms with Crippen LogP contribution in [0.3, 0.4) is 0 Å². The minimum Gasteiger partial charge on any atom is -0.492 e.